The van der Waals surface area contributed by atoms with Crippen LogP contribution in [0.3, 0.4) is 0 Å². The van der Waals surface area contributed by atoms with Crippen molar-refractivity contribution in [2.75, 3.05) is 20.2 Å². The lowest BCUT2D eigenvalue weighted by Crippen LogP contribution is -2.43. The molecule has 7 heteroatoms. The molecular formula is C20H30BrN3O2Si. The number of rotatable bonds is 7. The summed E-state index contributed by atoms with van der Waals surface area (Å²) in [5.74, 6) is -0.138. The van der Waals surface area contributed by atoms with Crippen LogP contribution < -0.4 is 5.32 Å². The number of fused-ring (bicyclic) bond motifs is 1. The highest BCUT2D eigenvalue weighted by Gasteiger charge is 2.36. The fourth-order valence-electron chi connectivity index (χ4n) is 2.53. The Morgan fingerprint density at radius 3 is 2.67 bits per heavy atom. The van der Waals surface area contributed by atoms with Crippen molar-refractivity contribution in [2.24, 2.45) is 4.99 Å². The molecule has 1 heterocycles. The van der Waals surface area contributed by atoms with E-state index in [4.69, 9.17) is 4.43 Å². The number of halogens is 1. The van der Waals surface area contributed by atoms with Gasteiger partial charge in [-0.05, 0) is 41.9 Å². The third-order valence-electron chi connectivity index (χ3n) is 5.28. The van der Waals surface area contributed by atoms with Crippen LogP contribution in [0.5, 0.6) is 0 Å². The number of amides is 1. The van der Waals surface area contributed by atoms with Gasteiger partial charge in [-0.25, -0.2) is 0 Å². The third kappa shape index (κ3) is 5.52. The van der Waals surface area contributed by atoms with E-state index in [2.05, 4.69) is 71.2 Å². The molecule has 27 heavy (non-hydrogen) atoms. The van der Waals surface area contributed by atoms with Gasteiger partial charge in [0.05, 0.1) is 6.61 Å². The zero-order valence-electron chi connectivity index (χ0n) is 17.1. The summed E-state index contributed by atoms with van der Waals surface area (Å²) in [5, 5.41) is 4.20. The van der Waals surface area contributed by atoms with Crippen molar-refractivity contribution in [3.8, 4) is 0 Å². The van der Waals surface area contributed by atoms with Crippen LogP contribution in [0, 0.1) is 0 Å². The highest BCUT2D eigenvalue weighted by atomic mass is 79.9. The number of hydrogen-bond acceptors (Lipinski definition) is 3. The Kier molecular flexibility index (Phi) is 7.05. The van der Waals surface area contributed by atoms with Crippen LogP contribution in [0.25, 0.3) is 10.9 Å². The molecule has 0 fully saturated rings. The van der Waals surface area contributed by atoms with Crippen LogP contribution in [0.1, 0.15) is 26.3 Å². The molecule has 148 valence electrons. The third-order valence-corrected chi connectivity index (χ3v) is 10.3. The Labute approximate surface area is 171 Å². The molecule has 0 aliphatic carbocycles. The molecular weight excluding hydrogens is 422 g/mol. The molecule has 0 aliphatic heterocycles. The minimum Gasteiger partial charge on any atom is -0.415 e. The first-order chi connectivity index (χ1) is 12.5. The average Bonchev–Trinajstić information content (AvgIpc) is 2.97. The molecule has 0 saturated heterocycles. The number of carbonyl (C=O) groups is 1. The number of hydrogen-bond donors (Lipinski definition) is 2. The van der Waals surface area contributed by atoms with Gasteiger partial charge in [0.15, 0.2) is 8.32 Å². The summed E-state index contributed by atoms with van der Waals surface area (Å²) in [7, 11) is -0.132. The second kappa shape index (κ2) is 8.71. The summed E-state index contributed by atoms with van der Waals surface area (Å²) in [6, 6.07) is 6.07. The van der Waals surface area contributed by atoms with E-state index < -0.39 is 8.32 Å². The zero-order chi connectivity index (χ0) is 20.2. The highest BCUT2D eigenvalue weighted by molar-refractivity contribution is 9.10. The van der Waals surface area contributed by atoms with E-state index in [1.54, 1.807) is 7.05 Å². The second-order valence-electron chi connectivity index (χ2n) is 8.22. The number of aromatic amines is 1. The summed E-state index contributed by atoms with van der Waals surface area (Å²) in [4.78, 5) is 20.0. The van der Waals surface area contributed by atoms with Gasteiger partial charge < -0.3 is 14.7 Å². The molecule has 1 amide bonds. The topological polar surface area (TPSA) is 66.5 Å². The van der Waals surface area contributed by atoms with Crippen molar-refractivity contribution in [3.05, 3.63) is 34.4 Å². The minimum absolute atomic E-state index is 0.138. The number of nitrogens with zero attached hydrogens (tertiary/aromatic N) is 1. The lowest BCUT2D eigenvalue weighted by molar-refractivity contribution is -0.115. The molecule has 2 N–H and O–H groups in total. The summed E-state index contributed by atoms with van der Waals surface area (Å²) < 4.78 is 7.12. The number of benzene rings is 1. The smallest absolute Gasteiger partial charge is 0.265 e. The molecule has 1 aromatic heterocycles. The molecule has 0 saturated carbocycles. The molecule has 2 rings (SSSR count). The number of carbonyl (C=O) groups excluding carboxylic acids is 1. The van der Waals surface area contributed by atoms with Crippen molar-refractivity contribution in [3.63, 3.8) is 0 Å². The van der Waals surface area contributed by atoms with Crippen LogP contribution in [-0.4, -0.2) is 45.1 Å². The Morgan fingerprint density at radius 1 is 1.33 bits per heavy atom. The van der Waals surface area contributed by atoms with Gasteiger partial charge in [0, 0.05) is 41.6 Å². The maximum absolute atomic E-state index is 12.5. The van der Waals surface area contributed by atoms with Crippen molar-refractivity contribution >= 4 is 46.8 Å². The van der Waals surface area contributed by atoms with E-state index in [0.29, 0.717) is 25.3 Å². The van der Waals surface area contributed by atoms with Gasteiger partial charge in [0.25, 0.3) is 5.91 Å². The Balaban J connectivity index is 1.93. The quantitative estimate of drug-likeness (QED) is 0.364. The van der Waals surface area contributed by atoms with Crippen molar-refractivity contribution in [1.29, 1.82) is 0 Å². The van der Waals surface area contributed by atoms with Crippen molar-refractivity contribution in [2.45, 2.75) is 45.3 Å². The Morgan fingerprint density at radius 2 is 2.04 bits per heavy atom. The molecule has 0 unspecified atom stereocenters. The summed E-state index contributed by atoms with van der Waals surface area (Å²) in [6.07, 6.45) is 2.43. The molecule has 2 aromatic rings. The standard InChI is InChI=1S/C20H30BrN3O2Si/c1-20(2,3)27(5,6)26-10-9-23-19(25)18(22-4)11-14-13-24-17-8-7-15(21)12-16(14)17/h7-8,12-13,24H,9-11H2,1-6H3,(H,23,25)/b22-18+. The maximum atomic E-state index is 12.5. The van der Waals surface area contributed by atoms with Gasteiger partial charge in [-0.1, -0.05) is 36.7 Å². The highest BCUT2D eigenvalue weighted by Crippen LogP contribution is 2.36. The van der Waals surface area contributed by atoms with Gasteiger partial charge in [-0.3, -0.25) is 9.79 Å². The number of aromatic nitrogens is 1. The summed E-state index contributed by atoms with van der Waals surface area (Å²) >= 11 is 3.50. The van der Waals surface area contributed by atoms with Crippen molar-refractivity contribution in [1.82, 2.24) is 10.3 Å². The van der Waals surface area contributed by atoms with Gasteiger partial charge in [-0.2, -0.15) is 0 Å². The largest absolute Gasteiger partial charge is 0.415 e. The van der Waals surface area contributed by atoms with Gasteiger partial charge >= 0.3 is 0 Å². The van der Waals surface area contributed by atoms with Crippen LogP contribution >= 0.6 is 15.9 Å². The minimum atomic E-state index is -1.79. The SMILES string of the molecule is C/N=C(\Cc1c[nH]c2ccc(Br)cc12)C(=O)NCCO[Si](C)(C)C(C)(C)C. The average molecular weight is 452 g/mol. The molecule has 0 radical (unpaired) electrons. The number of H-pyrrole nitrogens is 1. The zero-order valence-corrected chi connectivity index (χ0v) is 19.7. The van der Waals surface area contributed by atoms with Crippen LogP contribution in [-0.2, 0) is 15.6 Å². The van der Waals surface area contributed by atoms with Gasteiger partial charge in [0.1, 0.15) is 5.71 Å². The van der Waals surface area contributed by atoms with Crippen LogP contribution in [0.15, 0.2) is 33.9 Å². The first kappa shape index (κ1) is 21.9. The van der Waals surface area contributed by atoms with E-state index in [9.17, 15) is 4.79 Å². The molecule has 5 nitrogen and oxygen atoms in total. The second-order valence-corrected chi connectivity index (χ2v) is 13.9. The molecule has 0 atom stereocenters. The Hall–Kier alpha value is -1.44. The van der Waals surface area contributed by atoms with Crippen LogP contribution in [0.2, 0.25) is 18.1 Å². The van der Waals surface area contributed by atoms with Crippen LogP contribution in [0.4, 0.5) is 0 Å². The molecule has 0 spiro atoms. The van der Waals surface area contributed by atoms with Crippen molar-refractivity contribution < 1.29 is 9.22 Å². The fourth-order valence-corrected chi connectivity index (χ4v) is 3.93. The molecule has 1 aromatic carbocycles. The Bertz CT molecular complexity index is 837. The summed E-state index contributed by atoms with van der Waals surface area (Å²) in [6.45, 7) is 12.1. The van der Waals surface area contributed by atoms with Gasteiger partial charge in [-0.15, -0.1) is 0 Å². The van der Waals surface area contributed by atoms with E-state index >= 15 is 0 Å². The number of nitrogens with one attached hydrogen (secondary N) is 2. The summed E-state index contributed by atoms with van der Waals surface area (Å²) in [5.41, 5.74) is 2.62. The van der Waals surface area contributed by atoms with E-state index in [1.807, 2.05) is 18.3 Å². The van der Waals surface area contributed by atoms with Gasteiger partial charge in [0.2, 0.25) is 0 Å². The van der Waals surface area contributed by atoms with E-state index in [1.165, 1.54) is 0 Å². The molecule has 0 bridgehead atoms. The maximum Gasteiger partial charge on any atom is 0.265 e. The fraction of sp³-hybridized carbons (Fsp3) is 0.500. The normalized spacial score (nSPS) is 13.2. The number of aliphatic imine (C=N–C) groups is 1. The van der Waals surface area contributed by atoms with E-state index in [-0.39, 0.29) is 10.9 Å². The lowest BCUT2D eigenvalue weighted by Gasteiger charge is -2.36. The first-order valence-corrected chi connectivity index (χ1v) is 12.9. The first-order valence-electron chi connectivity index (χ1n) is 9.18. The monoisotopic (exact) mass is 451 g/mol. The lowest BCUT2D eigenvalue weighted by atomic mass is 10.1. The van der Waals surface area contributed by atoms with E-state index in [0.717, 1.165) is 20.9 Å². The predicted octanol–water partition coefficient (Wildman–Crippen LogP) is 4.68. The molecule has 0 aliphatic rings. The predicted molar refractivity (Wildman–Crippen MR) is 119 cm³/mol.